The zero-order valence-corrected chi connectivity index (χ0v) is 15.3. The first-order chi connectivity index (χ1) is 12.6. The fourth-order valence-corrected chi connectivity index (χ4v) is 2.41. The Morgan fingerprint density at radius 2 is 1.92 bits per heavy atom. The van der Waals surface area contributed by atoms with Crippen LogP contribution in [-0.2, 0) is 17.6 Å². The molecule has 0 aliphatic rings. The highest BCUT2D eigenvalue weighted by Crippen LogP contribution is 2.12. The smallest absolute Gasteiger partial charge is 0.246 e. The van der Waals surface area contributed by atoms with Gasteiger partial charge in [0, 0.05) is 12.2 Å². The van der Waals surface area contributed by atoms with E-state index < -0.39 is 0 Å². The van der Waals surface area contributed by atoms with E-state index >= 15 is 0 Å². The first-order valence-corrected chi connectivity index (χ1v) is 8.66. The van der Waals surface area contributed by atoms with Crippen LogP contribution in [0.5, 0.6) is 5.75 Å². The SMILES string of the molecule is CCc1cccc(NC(=O)CN=C(N)NCCc2ccc(OC)cc2)c1. The molecule has 0 unspecified atom stereocenters. The van der Waals surface area contributed by atoms with Crippen LogP contribution in [0.1, 0.15) is 18.1 Å². The van der Waals surface area contributed by atoms with Crippen LogP contribution in [0, 0.1) is 0 Å². The zero-order valence-electron chi connectivity index (χ0n) is 15.3. The van der Waals surface area contributed by atoms with Crippen molar-refractivity contribution >= 4 is 17.6 Å². The van der Waals surface area contributed by atoms with E-state index in [9.17, 15) is 4.79 Å². The van der Waals surface area contributed by atoms with Gasteiger partial charge in [0.15, 0.2) is 5.96 Å². The van der Waals surface area contributed by atoms with Crippen LogP contribution in [0.4, 0.5) is 5.69 Å². The average Bonchev–Trinajstić information content (AvgIpc) is 2.67. The normalized spacial score (nSPS) is 11.1. The van der Waals surface area contributed by atoms with Crippen LogP contribution in [0.3, 0.4) is 0 Å². The number of nitrogens with zero attached hydrogens (tertiary/aromatic N) is 1. The molecule has 2 aromatic rings. The second-order valence-corrected chi connectivity index (χ2v) is 5.83. The lowest BCUT2D eigenvalue weighted by Gasteiger charge is -2.07. The Hall–Kier alpha value is -3.02. The van der Waals surface area contributed by atoms with Crippen LogP contribution in [0.15, 0.2) is 53.5 Å². The summed E-state index contributed by atoms with van der Waals surface area (Å²) in [5.41, 5.74) is 8.92. The highest BCUT2D eigenvalue weighted by Gasteiger charge is 2.02. The van der Waals surface area contributed by atoms with Crippen LogP contribution in [0.2, 0.25) is 0 Å². The van der Waals surface area contributed by atoms with Crippen molar-refractivity contribution in [1.29, 1.82) is 0 Å². The molecule has 0 saturated heterocycles. The molecule has 0 atom stereocenters. The number of carbonyl (C=O) groups excluding carboxylic acids is 1. The predicted molar refractivity (Wildman–Crippen MR) is 106 cm³/mol. The van der Waals surface area contributed by atoms with E-state index in [1.807, 2.05) is 48.5 Å². The maximum Gasteiger partial charge on any atom is 0.246 e. The van der Waals surface area contributed by atoms with Gasteiger partial charge in [0.1, 0.15) is 12.3 Å². The topological polar surface area (TPSA) is 88.7 Å². The number of amides is 1. The molecule has 0 heterocycles. The van der Waals surface area contributed by atoms with Crippen molar-refractivity contribution in [3.8, 4) is 5.75 Å². The highest BCUT2D eigenvalue weighted by atomic mass is 16.5. The summed E-state index contributed by atoms with van der Waals surface area (Å²) in [5, 5.41) is 5.84. The van der Waals surface area contributed by atoms with Crippen molar-refractivity contribution in [2.24, 2.45) is 10.7 Å². The Morgan fingerprint density at radius 1 is 1.15 bits per heavy atom. The molecule has 0 fully saturated rings. The molecule has 6 nitrogen and oxygen atoms in total. The van der Waals surface area contributed by atoms with Gasteiger partial charge in [-0.05, 0) is 48.2 Å². The number of aliphatic imine (C=N–C) groups is 1. The Balaban J connectivity index is 1.73. The van der Waals surface area contributed by atoms with Gasteiger partial charge < -0.3 is 21.1 Å². The predicted octanol–water partition coefficient (Wildman–Crippen LogP) is 2.34. The van der Waals surface area contributed by atoms with Gasteiger partial charge in [-0.25, -0.2) is 4.99 Å². The summed E-state index contributed by atoms with van der Waals surface area (Å²) in [7, 11) is 1.64. The second-order valence-electron chi connectivity index (χ2n) is 5.83. The largest absolute Gasteiger partial charge is 0.497 e. The summed E-state index contributed by atoms with van der Waals surface area (Å²) >= 11 is 0. The zero-order chi connectivity index (χ0) is 18.8. The Morgan fingerprint density at radius 3 is 2.62 bits per heavy atom. The minimum absolute atomic E-state index is 0.0161. The van der Waals surface area contributed by atoms with Crippen LogP contribution < -0.4 is 21.1 Å². The van der Waals surface area contributed by atoms with E-state index in [4.69, 9.17) is 10.5 Å². The van der Waals surface area contributed by atoms with Gasteiger partial charge in [0.2, 0.25) is 5.91 Å². The Labute approximate surface area is 154 Å². The molecule has 6 heteroatoms. The molecule has 4 N–H and O–H groups in total. The first-order valence-electron chi connectivity index (χ1n) is 8.66. The molecule has 0 aromatic heterocycles. The van der Waals surface area contributed by atoms with Gasteiger partial charge in [-0.2, -0.15) is 0 Å². The van der Waals surface area contributed by atoms with Gasteiger partial charge >= 0.3 is 0 Å². The van der Waals surface area contributed by atoms with Crippen molar-refractivity contribution in [3.05, 3.63) is 59.7 Å². The molecular weight excluding hydrogens is 328 g/mol. The number of nitrogens with one attached hydrogen (secondary N) is 2. The fourth-order valence-electron chi connectivity index (χ4n) is 2.41. The molecular formula is C20H26N4O2. The molecule has 0 saturated carbocycles. The summed E-state index contributed by atoms with van der Waals surface area (Å²) in [6, 6.07) is 15.6. The number of anilines is 1. The van der Waals surface area contributed by atoms with E-state index in [0.29, 0.717) is 6.54 Å². The van der Waals surface area contributed by atoms with E-state index in [1.54, 1.807) is 7.11 Å². The molecule has 0 radical (unpaired) electrons. The van der Waals surface area contributed by atoms with Crippen LogP contribution >= 0.6 is 0 Å². The number of benzene rings is 2. The van der Waals surface area contributed by atoms with E-state index in [1.165, 1.54) is 11.1 Å². The maximum atomic E-state index is 12.0. The number of methoxy groups -OCH3 is 1. The van der Waals surface area contributed by atoms with Crippen molar-refractivity contribution in [2.75, 3.05) is 25.5 Å². The Bertz CT molecular complexity index is 742. The van der Waals surface area contributed by atoms with Gasteiger partial charge in [-0.3, -0.25) is 4.79 Å². The summed E-state index contributed by atoms with van der Waals surface area (Å²) in [5.74, 6) is 0.896. The number of guanidine groups is 1. The molecule has 138 valence electrons. The molecule has 0 bridgehead atoms. The minimum Gasteiger partial charge on any atom is -0.497 e. The average molecular weight is 354 g/mol. The summed E-state index contributed by atoms with van der Waals surface area (Å²) in [6.07, 6.45) is 1.73. The van der Waals surface area contributed by atoms with Gasteiger partial charge in [0.25, 0.3) is 0 Å². The highest BCUT2D eigenvalue weighted by molar-refractivity contribution is 5.93. The first kappa shape index (κ1) is 19.3. The van der Waals surface area contributed by atoms with Crippen molar-refractivity contribution in [2.45, 2.75) is 19.8 Å². The number of hydrogen-bond acceptors (Lipinski definition) is 3. The van der Waals surface area contributed by atoms with Gasteiger partial charge in [-0.15, -0.1) is 0 Å². The van der Waals surface area contributed by atoms with Crippen molar-refractivity contribution in [1.82, 2.24) is 5.32 Å². The van der Waals surface area contributed by atoms with E-state index in [2.05, 4.69) is 22.5 Å². The van der Waals surface area contributed by atoms with Gasteiger partial charge in [0.05, 0.1) is 7.11 Å². The molecule has 0 aliphatic heterocycles. The third-order valence-electron chi connectivity index (χ3n) is 3.89. The Kier molecular flexibility index (Phi) is 7.49. The molecule has 1 amide bonds. The number of aryl methyl sites for hydroxylation is 1. The quantitative estimate of drug-likeness (QED) is 0.501. The molecule has 2 rings (SSSR count). The number of hydrogen-bond donors (Lipinski definition) is 3. The lowest BCUT2D eigenvalue weighted by Crippen LogP contribution is -2.34. The third kappa shape index (κ3) is 6.47. The summed E-state index contributed by atoms with van der Waals surface area (Å²) in [6.45, 7) is 2.70. The fraction of sp³-hybridized carbons (Fsp3) is 0.300. The number of carbonyl (C=O) groups is 1. The molecule has 2 aromatic carbocycles. The van der Waals surface area contributed by atoms with Gasteiger partial charge in [-0.1, -0.05) is 31.2 Å². The van der Waals surface area contributed by atoms with Crippen molar-refractivity contribution in [3.63, 3.8) is 0 Å². The number of rotatable bonds is 8. The van der Waals surface area contributed by atoms with Crippen LogP contribution in [-0.4, -0.2) is 32.1 Å². The summed E-state index contributed by atoms with van der Waals surface area (Å²) in [4.78, 5) is 16.0. The monoisotopic (exact) mass is 354 g/mol. The van der Waals surface area contributed by atoms with E-state index in [-0.39, 0.29) is 18.4 Å². The number of ether oxygens (including phenoxy) is 1. The lowest BCUT2D eigenvalue weighted by molar-refractivity contribution is -0.114. The molecule has 26 heavy (non-hydrogen) atoms. The second kappa shape index (κ2) is 10.1. The summed E-state index contributed by atoms with van der Waals surface area (Å²) < 4.78 is 5.13. The number of nitrogens with two attached hydrogens (primary N) is 1. The standard InChI is InChI=1S/C20H26N4O2/c1-3-15-5-4-6-17(13-15)24-19(25)14-23-20(21)22-12-11-16-7-9-18(26-2)10-8-16/h4-10,13H,3,11-12,14H2,1-2H3,(H,24,25)(H3,21,22,23). The van der Waals surface area contributed by atoms with Crippen molar-refractivity contribution < 1.29 is 9.53 Å². The maximum absolute atomic E-state index is 12.0. The minimum atomic E-state index is -0.196. The van der Waals surface area contributed by atoms with E-state index in [0.717, 1.165) is 24.3 Å². The third-order valence-corrected chi connectivity index (χ3v) is 3.89. The van der Waals surface area contributed by atoms with Crippen LogP contribution in [0.25, 0.3) is 0 Å². The lowest BCUT2D eigenvalue weighted by atomic mass is 10.1. The molecule has 0 spiro atoms. The molecule has 0 aliphatic carbocycles.